The summed E-state index contributed by atoms with van der Waals surface area (Å²) in [6.07, 6.45) is 60.0. The first kappa shape index (κ1) is 69.5. The fourth-order valence-electron chi connectivity index (χ4n) is 9.11. The van der Waals surface area contributed by atoms with E-state index in [4.69, 9.17) is 13.8 Å². The predicted octanol–water partition coefficient (Wildman–Crippen LogP) is 17.9. The molecule has 0 spiro atoms. The summed E-state index contributed by atoms with van der Waals surface area (Å²) in [5.74, 6) is -0.544. The van der Waals surface area contributed by atoms with Crippen LogP contribution < -0.4 is 10.2 Å². The Morgan fingerprint density at radius 3 is 1.21 bits per heavy atom. The van der Waals surface area contributed by atoms with Crippen LogP contribution >= 0.6 is 7.82 Å². The smallest absolute Gasteiger partial charge is 0.306 e. The molecule has 71 heavy (non-hydrogen) atoms. The number of phosphoric ester groups is 1. The molecule has 420 valence electrons. The second-order valence-electron chi connectivity index (χ2n) is 22.2. The van der Waals surface area contributed by atoms with E-state index in [1.165, 1.54) is 199 Å². The van der Waals surface area contributed by atoms with Gasteiger partial charge >= 0.3 is 5.97 Å². The normalized spacial score (nSPS) is 13.8. The standard InChI is InChI=1S/C61H119N2O7P/c1-7-10-13-16-19-22-25-28-30-31-32-33-34-35-38-41-44-47-50-53-60(64)62-58(57-69-71(66,67)68-56-55-63(4,5)6)59(52-49-46-43-40-37-27-24-21-18-15-12-9-3)70-61(65)54-51-48-45-42-39-36-29-26-23-20-17-14-11-8-2/h36,39,49,52,58-59H,7-35,37-38,40-48,50-51,53-57H2,1-6H3,(H-,62,64,66,67)/b39-36-,52-49+. The van der Waals surface area contributed by atoms with Crippen LogP contribution in [-0.2, 0) is 27.9 Å². The third kappa shape index (κ3) is 53.1. The van der Waals surface area contributed by atoms with Crippen LogP contribution in [0.4, 0.5) is 0 Å². The summed E-state index contributed by atoms with van der Waals surface area (Å²) in [6.45, 7) is 6.86. The lowest BCUT2D eigenvalue weighted by Crippen LogP contribution is -2.47. The largest absolute Gasteiger partial charge is 0.756 e. The van der Waals surface area contributed by atoms with Gasteiger partial charge in [-0.2, -0.15) is 0 Å². The Balaban J connectivity index is 5.24. The van der Waals surface area contributed by atoms with E-state index in [1.807, 2.05) is 33.3 Å². The number of phosphoric acid groups is 1. The summed E-state index contributed by atoms with van der Waals surface area (Å²) < 4.78 is 30.3. The maximum absolute atomic E-state index is 13.5. The van der Waals surface area contributed by atoms with Crippen molar-refractivity contribution in [1.29, 1.82) is 0 Å². The number of amides is 1. The molecule has 0 saturated heterocycles. The number of allylic oxidation sites excluding steroid dienone is 3. The second-order valence-corrected chi connectivity index (χ2v) is 23.6. The zero-order valence-electron chi connectivity index (χ0n) is 48.0. The number of quaternary nitrogens is 1. The average Bonchev–Trinajstić information content (AvgIpc) is 3.33. The van der Waals surface area contributed by atoms with Crippen molar-refractivity contribution in [2.45, 2.75) is 315 Å². The van der Waals surface area contributed by atoms with Gasteiger partial charge in [0.25, 0.3) is 7.82 Å². The molecule has 9 nitrogen and oxygen atoms in total. The van der Waals surface area contributed by atoms with Crippen molar-refractivity contribution in [3.8, 4) is 0 Å². The number of carbonyl (C=O) groups excluding carboxylic acids is 2. The highest BCUT2D eigenvalue weighted by molar-refractivity contribution is 7.45. The van der Waals surface area contributed by atoms with Gasteiger partial charge in [-0.25, -0.2) is 0 Å². The van der Waals surface area contributed by atoms with Crippen LogP contribution in [0.2, 0.25) is 0 Å². The Bertz CT molecular complexity index is 1270. The fraction of sp³-hybridized carbons (Fsp3) is 0.902. The Morgan fingerprint density at radius 2 is 0.817 bits per heavy atom. The Hall–Kier alpha value is -1.51. The van der Waals surface area contributed by atoms with Gasteiger partial charge in [0.2, 0.25) is 5.91 Å². The molecule has 3 atom stereocenters. The van der Waals surface area contributed by atoms with E-state index in [2.05, 4.69) is 38.2 Å². The van der Waals surface area contributed by atoms with E-state index in [-0.39, 0.29) is 31.5 Å². The van der Waals surface area contributed by atoms with Crippen molar-refractivity contribution in [2.24, 2.45) is 0 Å². The van der Waals surface area contributed by atoms with E-state index >= 15 is 0 Å². The Labute approximate surface area is 441 Å². The zero-order valence-corrected chi connectivity index (χ0v) is 48.8. The van der Waals surface area contributed by atoms with Gasteiger partial charge in [-0.1, -0.05) is 257 Å². The van der Waals surface area contributed by atoms with Crippen LogP contribution in [-0.4, -0.2) is 69.4 Å². The highest BCUT2D eigenvalue weighted by Crippen LogP contribution is 2.38. The molecule has 0 saturated carbocycles. The van der Waals surface area contributed by atoms with Crippen LogP contribution in [0.25, 0.3) is 0 Å². The topological polar surface area (TPSA) is 114 Å². The third-order valence-electron chi connectivity index (χ3n) is 13.9. The van der Waals surface area contributed by atoms with Crippen LogP contribution in [0.3, 0.4) is 0 Å². The van der Waals surface area contributed by atoms with Crippen molar-refractivity contribution in [1.82, 2.24) is 5.32 Å². The summed E-state index contributed by atoms with van der Waals surface area (Å²) in [5.41, 5.74) is 0. The first-order valence-corrected chi connectivity index (χ1v) is 32.1. The van der Waals surface area contributed by atoms with Crippen LogP contribution in [0.5, 0.6) is 0 Å². The molecule has 0 aromatic rings. The number of nitrogens with zero attached hydrogens (tertiary/aromatic N) is 1. The van der Waals surface area contributed by atoms with Gasteiger partial charge in [-0.15, -0.1) is 0 Å². The third-order valence-corrected chi connectivity index (χ3v) is 14.8. The van der Waals surface area contributed by atoms with Gasteiger partial charge in [0.05, 0.1) is 33.8 Å². The number of unbranched alkanes of at least 4 members (excludes halogenated alkanes) is 38. The number of likely N-dealkylation sites (N-methyl/N-ethyl adjacent to an activating group) is 1. The number of hydrogen-bond acceptors (Lipinski definition) is 7. The number of ether oxygens (including phenoxy) is 1. The van der Waals surface area contributed by atoms with Gasteiger partial charge in [-0.3, -0.25) is 14.2 Å². The molecule has 3 unspecified atom stereocenters. The second kappa shape index (κ2) is 52.0. The molecule has 0 aliphatic carbocycles. The zero-order chi connectivity index (χ0) is 52.2. The van der Waals surface area contributed by atoms with E-state index in [1.54, 1.807) is 0 Å². The van der Waals surface area contributed by atoms with Gasteiger partial charge in [0.1, 0.15) is 19.3 Å². The minimum Gasteiger partial charge on any atom is -0.756 e. The van der Waals surface area contributed by atoms with Crippen molar-refractivity contribution in [2.75, 3.05) is 40.9 Å². The summed E-state index contributed by atoms with van der Waals surface area (Å²) in [6, 6.07) is -0.888. The van der Waals surface area contributed by atoms with Gasteiger partial charge in [0, 0.05) is 12.8 Å². The minimum atomic E-state index is -4.69. The lowest BCUT2D eigenvalue weighted by molar-refractivity contribution is -0.870. The first-order chi connectivity index (χ1) is 34.4. The number of rotatable bonds is 56. The van der Waals surface area contributed by atoms with Gasteiger partial charge < -0.3 is 28.5 Å². The molecule has 0 bridgehead atoms. The summed E-state index contributed by atoms with van der Waals surface area (Å²) in [7, 11) is 1.19. The average molecular weight is 1020 g/mol. The molecule has 0 fully saturated rings. The van der Waals surface area contributed by atoms with Crippen LogP contribution in [0, 0.1) is 0 Å². The number of nitrogens with one attached hydrogen (secondary N) is 1. The Kier molecular flexibility index (Phi) is 50.8. The SMILES string of the molecule is CCCCCCCCC/C=C\CCCCCC(=O)OC(/C=C/CCCCCCCCCCCC)C(COP(=O)([O-])OCC[N+](C)(C)C)NC(=O)CCCCCCCCCCCCCCCCCCCCC. The fourth-order valence-corrected chi connectivity index (χ4v) is 9.83. The van der Waals surface area contributed by atoms with Crippen molar-refractivity contribution in [3.05, 3.63) is 24.3 Å². The number of carbonyl (C=O) groups is 2. The van der Waals surface area contributed by atoms with E-state index in [0.717, 1.165) is 64.2 Å². The molecule has 0 aliphatic heterocycles. The maximum Gasteiger partial charge on any atom is 0.306 e. The molecular weight excluding hydrogens is 904 g/mol. The van der Waals surface area contributed by atoms with Crippen LogP contribution in [0.1, 0.15) is 303 Å². The molecule has 0 aromatic heterocycles. The lowest BCUT2D eigenvalue weighted by Gasteiger charge is -2.30. The molecule has 0 aliphatic rings. The van der Waals surface area contributed by atoms with E-state index < -0.39 is 20.0 Å². The molecule has 0 heterocycles. The minimum absolute atomic E-state index is 0.0210. The summed E-state index contributed by atoms with van der Waals surface area (Å²) >= 11 is 0. The highest BCUT2D eigenvalue weighted by atomic mass is 31.2. The number of hydrogen-bond donors (Lipinski definition) is 1. The molecule has 0 aromatic carbocycles. The van der Waals surface area contributed by atoms with Crippen molar-refractivity contribution >= 4 is 19.7 Å². The number of esters is 1. The van der Waals surface area contributed by atoms with E-state index in [9.17, 15) is 19.0 Å². The molecule has 1 amide bonds. The lowest BCUT2D eigenvalue weighted by atomic mass is 10.0. The van der Waals surface area contributed by atoms with Crippen LogP contribution in [0.15, 0.2) is 24.3 Å². The molecular formula is C61H119N2O7P. The van der Waals surface area contributed by atoms with Crippen molar-refractivity contribution < 1.29 is 37.3 Å². The van der Waals surface area contributed by atoms with Gasteiger partial charge in [-0.05, 0) is 57.4 Å². The molecule has 0 radical (unpaired) electrons. The van der Waals surface area contributed by atoms with E-state index in [0.29, 0.717) is 23.9 Å². The quantitative estimate of drug-likeness (QED) is 0.0212. The summed E-state index contributed by atoms with van der Waals surface area (Å²) in [4.78, 5) is 39.9. The molecule has 10 heteroatoms. The highest BCUT2D eigenvalue weighted by Gasteiger charge is 2.27. The molecule has 1 N–H and O–H groups in total. The maximum atomic E-state index is 13.5. The predicted molar refractivity (Wildman–Crippen MR) is 303 cm³/mol. The van der Waals surface area contributed by atoms with Crippen molar-refractivity contribution in [3.63, 3.8) is 0 Å². The molecule has 0 rings (SSSR count). The van der Waals surface area contributed by atoms with Gasteiger partial charge in [0.15, 0.2) is 0 Å². The first-order valence-electron chi connectivity index (χ1n) is 30.6. The Morgan fingerprint density at radius 1 is 0.479 bits per heavy atom. The summed E-state index contributed by atoms with van der Waals surface area (Å²) in [5, 5.41) is 3.03. The monoisotopic (exact) mass is 1020 g/mol.